The summed E-state index contributed by atoms with van der Waals surface area (Å²) in [6.45, 7) is 1.64. The molecule has 26 heavy (non-hydrogen) atoms. The number of amidine groups is 2. The summed E-state index contributed by atoms with van der Waals surface area (Å²) < 4.78 is 31.9. The van der Waals surface area contributed by atoms with E-state index >= 15 is 0 Å². The van der Waals surface area contributed by atoms with Crippen molar-refractivity contribution in [2.24, 2.45) is 4.99 Å². The van der Waals surface area contributed by atoms with Crippen molar-refractivity contribution >= 4 is 11.7 Å². The Labute approximate surface area is 148 Å². The topological polar surface area (TPSA) is 100 Å². The van der Waals surface area contributed by atoms with Gasteiger partial charge in [0.1, 0.15) is 17.8 Å². The minimum atomic E-state index is -0.563. The van der Waals surface area contributed by atoms with E-state index in [-0.39, 0.29) is 35.6 Å². The summed E-state index contributed by atoms with van der Waals surface area (Å²) in [6, 6.07) is 1.55. The number of nitrogens with one attached hydrogen (secondary N) is 2. The smallest absolute Gasteiger partial charge is 0.197 e. The first kappa shape index (κ1) is 17.6. The van der Waals surface area contributed by atoms with Crippen LogP contribution in [0.2, 0.25) is 0 Å². The quantitative estimate of drug-likeness (QED) is 0.647. The molecule has 1 aliphatic rings. The molecule has 2 heterocycles. The molecule has 0 amide bonds. The summed E-state index contributed by atoms with van der Waals surface area (Å²) in [5.41, 5.74) is 0.965. The SMILES string of the molecule is Cc1nc(C(=N)/N=C(\NCC2=CCCC=C2F)c2ccon2)ncc1F. The molecule has 0 saturated heterocycles. The first-order valence-corrected chi connectivity index (χ1v) is 7.91. The molecule has 2 aromatic heterocycles. The maximum absolute atomic E-state index is 13.8. The Morgan fingerprint density at radius 3 is 2.85 bits per heavy atom. The third-order valence-corrected chi connectivity index (χ3v) is 3.67. The number of hydrogen-bond donors (Lipinski definition) is 2. The fourth-order valence-corrected chi connectivity index (χ4v) is 2.28. The average molecular weight is 358 g/mol. The molecule has 3 rings (SSSR count). The van der Waals surface area contributed by atoms with Crippen LogP contribution in [-0.4, -0.2) is 33.3 Å². The molecule has 7 nitrogen and oxygen atoms in total. The van der Waals surface area contributed by atoms with Crippen LogP contribution in [0, 0.1) is 18.2 Å². The summed E-state index contributed by atoms with van der Waals surface area (Å²) in [6.07, 6.45) is 7.11. The summed E-state index contributed by atoms with van der Waals surface area (Å²) in [4.78, 5) is 11.8. The van der Waals surface area contributed by atoms with E-state index in [1.807, 2.05) is 0 Å². The predicted octanol–water partition coefficient (Wildman–Crippen LogP) is 2.85. The molecule has 0 bridgehead atoms. The number of hydrogen-bond acceptors (Lipinski definition) is 5. The Balaban J connectivity index is 1.83. The zero-order chi connectivity index (χ0) is 18.5. The van der Waals surface area contributed by atoms with Crippen molar-refractivity contribution < 1.29 is 13.3 Å². The second-order valence-corrected chi connectivity index (χ2v) is 5.53. The summed E-state index contributed by atoms with van der Waals surface area (Å²) in [5, 5.41) is 14.8. The Morgan fingerprint density at radius 2 is 2.15 bits per heavy atom. The molecule has 0 unspecified atom stereocenters. The van der Waals surface area contributed by atoms with Gasteiger partial charge in [0.25, 0.3) is 0 Å². The molecule has 2 N–H and O–H groups in total. The van der Waals surface area contributed by atoms with Gasteiger partial charge in [0.15, 0.2) is 23.3 Å². The van der Waals surface area contributed by atoms with Gasteiger partial charge in [-0.25, -0.2) is 23.7 Å². The molecule has 9 heteroatoms. The van der Waals surface area contributed by atoms with Gasteiger partial charge in [-0.1, -0.05) is 11.2 Å². The lowest BCUT2D eigenvalue weighted by Crippen LogP contribution is -2.29. The summed E-state index contributed by atoms with van der Waals surface area (Å²) in [7, 11) is 0. The first-order chi connectivity index (χ1) is 12.5. The van der Waals surface area contributed by atoms with Crippen LogP contribution >= 0.6 is 0 Å². The van der Waals surface area contributed by atoms with E-state index in [0.29, 0.717) is 17.7 Å². The van der Waals surface area contributed by atoms with E-state index in [1.165, 1.54) is 19.3 Å². The highest BCUT2D eigenvalue weighted by Gasteiger charge is 2.14. The number of aryl methyl sites for hydroxylation is 1. The van der Waals surface area contributed by atoms with Crippen LogP contribution < -0.4 is 5.32 Å². The van der Waals surface area contributed by atoms with Crippen LogP contribution in [0.15, 0.2) is 51.6 Å². The largest absolute Gasteiger partial charge is 0.364 e. The van der Waals surface area contributed by atoms with Crippen LogP contribution in [0.1, 0.15) is 30.1 Å². The zero-order valence-corrected chi connectivity index (χ0v) is 14.0. The van der Waals surface area contributed by atoms with Gasteiger partial charge in [0, 0.05) is 18.2 Å². The van der Waals surface area contributed by atoms with Crippen molar-refractivity contribution in [3.8, 4) is 0 Å². The van der Waals surface area contributed by atoms with Crippen LogP contribution in [0.3, 0.4) is 0 Å². The van der Waals surface area contributed by atoms with Gasteiger partial charge in [-0.2, -0.15) is 0 Å². The number of aromatic nitrogens is 3. The number of aliphatic imine (C=N–C) groups is 1. The third kappa shape index (κ3) is 4.05. The van der Waals surface area contributed by atoms with Gasteiger partial charge in [-0.15, -0.1) is 0 Å². The van der Waals surface area contributed by atoms with Crippen LogP contribution in [0.5, 0.6) is 0 Å². The normalized spacial score (nSPS) is 14.7. The second-order valence-electron chi connectivity index (χ2n) is 5.53. The monoisotopic (exact) mass is 358 g/mol. The molecule has 0 radical (unpaired) electrons. The van der Waals surface area contributed by atoms with Crippen molar-refractivity contribution in [2.45, 2.75) is 19.8 Å². The van der Waals surface area contributed by atoms with Crippen molar-refractivity contribution in [3.63, 3.8) is 0 Å². The molecular weight excluding hydrogens is 342 g/mol. The molecule has 0 fully saturated rings. The average Bonchev–Trinajstić information content (AvgIpc) is 3.16. The predicted molar refractivity (Wildman–Crippen MR) is 91.1 cm³/mol. The van der Waals surface area contributed by atoms with E-state index in [9.17, 15) is 8.78 Å². The van der Waals surface area contributed by atoms with Crippen molar-refractivity contribution in [1.82, 2.24) is 20.4 Å². The minimum Gasteiger partial charge on any atom is -0.364 e. The van der Waals surface area contributed by atoms with Crippen molar-refractivity contribution in [2.75, 3.05) is 6.54 Å². The lowest BCUT2D eigenvalue weighted by Gasteiger charge is -2.12. The summed E-state index contributed by atoms with van der Waals surface area (Å²) >= 11 is 0. The Morgan fingerprint density at radius 1 is 1.35 bits per heavy atom. The van der Waals surface area contributed by atoms with Crippen molar-refractivity contribution in [3.05, 3.63) is 65.1 Å². The van der Waals surface area contributed by atoms with Crippen molar-refractivity contribution in [1.29, 1.82) is 5.41 Å². The van der Waals surface area contributed by atoms with E-state index in [2.05, 4.69) is 25.4 Å². The molecule has 0 saturated carbocycles. The molecule has 0 atom stereocenters. The Hall–Kier alpha value is -3.23. The standard InChI is InChI=1S/C17H16F2N6O/c1-10-13(19)9-22-17(23-10)15(20)24-16(14-6-7-26-25-14)21-8-11-4-2-3-5-12(11)18/h4-7,9H,2-3,8H2,1H3,(H2,20,21,24). The minimum absolute atomic E-state index is 0.0327. The van der Waals surface area contributed by atoms with Crippen LogP contribution in [-0.2, 0) is 0 Å². The zero-order valence-electron chi connectivity index (χ0n) is 14.0. The van der Waals surface area contributed by atoms with E-state index in [1.54, 1.807) is 12.1 Å². The first-order valence-electron chi connectivity index (χ1n) is 7.91. The van der Waals surface area contributed by atoms with E-state index < -0.39 is 5.82 Å². The molecular formula is C17H16F2N6O. The molecule has 1 aliphatic carbocycles. The van der Waals surface area contributed by atoms with Gasteiger partial charge >= 0.3 is 0 Å². The fraction of sp³-hybridized carbons (Fsp3) is 0.235. The number of halogens is 2. The van der Waals surface area contributed by atoms with Gasteiger partial charge in [-0.05, 0) is 25.8 Å². The van der Waals surface area contributed by atoms with Gasteiger partial charge in [0.2, 0.25) is 0 Å². The summed E-state index contributed by atoms with van der Waals surface area (Å²) in [5.74, 6) is -0.960. The van der Waals surface area contributed by atoms with E-state index in [4.69, 9.17) is 9.93 Å². The number of nitrogens with zero attached hydrogens (tertiary/aromatic N) is 4. The van der Waals surface area contributed by atoms with Crippen LogP contribution in [0.25, 0.3) is 0 Å². The number of rotatable bonds is 4. The lowest BCUT2D eigenvalue weighted by molar-refractivity contribution is 0.418. The second kappa shape index (κ2) is 7.77. The Bertz CT molecular complexity index is 902. The van der Waals surface area contributed by atoms with E-state index in [0.717, 1.165) is 12.6 Å². The molecule has 0 aromatic carbocycles. The van der Waals surface area contributed by atoms with Gasteiger partial charge in [-0.3, -0.25) is 5.41 Å². The maximum Gasteiger partial charge on any atom is 0.197 e. The number of allylic oxidation sites excluding steroid dienone is 2. The maximum atomic E-state index is 13.8. The van der Waals surface area contributed by atoms with Gasteiger partial charge < -0.3 is 9.84 Å². The highest BCUT2D eigenvalue weighted by molar-refractivity contribution is 6.08. The molecule has 2 aromatic rings. The lowest BCUT2D eigenvalue weighted by atomic mass is 10.1. The van der Waals surface area contributed by atoms with Crippen LogP contribution in [0.4, 0.5) is 8.78 Å². The fourth-order valence-electron chi connectivity index (χ4n) is 2.28. The molecule has 0 spiro atoms. The molecule has 134 valence electrons. The van der Waals surface area contributed by atoms with Gasteiger partial charge in [0.05, 0.1) is 11.9 Å². The Kier molecular flexibility index (Phi) is 5.26. The molecule has 0 aliphatic heterocycles. The highest BCUT2D eigenvalue weighted by Crippen LogP contribution is 2.19. The highest BCUT2D eigenvalue weighted by atomic mass is 19.1. The third-order valence-electron chi connectivity index (χ3n) is 3.67.